The fourth-order valence-electron chi connectivity index (χ4n) is 3.44. The van der Waals surface area contributed by atoms with Gasteiger partial charge in [0.25, 0.3) is 10.2 Å². The van der Waals surface area contributed by atoms with E-state index in [1.807, 2.05) is 0 Å². The number of halogens is 2. The molecule has 0 saturated carbocycles. The topological polar surface area (TPSA) is 348 Å². The molecule has 0 fully saturated rings. The van der Waals surface area contributed by atoms with E-state index in [-0.39, 0.29) is 0 Å². The molecule has 0 radical (unpaired) electrons. The number of rotatable bonds is 18. The fourth-order valence-corrected chi connectivity index (χ4v) is 18.1. The Hall–Kier alpha value is 1.04. The molecule has 0 aliphatic rings. The third-order valence-corrected chi connectivity index (χ3v) is 23.9. The van der Waals surface area contributed by atoms with E-state index in [9.17, 15) is 27.4 Å². The highest BCUT2D eigenvalue weighted by molar-refractivity contribution is 7.68. The van der Waals surface area contributed by atoms with Crippen LogP contribution in [0, 0.1) is 20.5 Å². The minimum Gasteiger partial charge on any atom is -0.255 e. The largest absolute Gasteiger partial charge is 0.352 e. The summed E-state index contributed by atoms with van der Waals surface area (Å²) in [5.41, 5.74) is 0. The average Bonchev–Trinajstić information content (AvgIpc) is 3.02. The molecule has 0 bridgehead atoms. The summed E-state index contributed by atoms with van der Waals surface area (Å²) < 4.78 is 175. The molecule has 37 heteroatoms. The van der Waals surface area contributed by atoms with Gasteiger partial charge in [-0.1, -0.05) is 0 Å². The SMILES string of the molecule is CN(C)P(=O)(OP(=O)(N(C)C)N(C)C)N(C)C.CN(C)P(=O)(OP(=O)(N(C)C)N(C)C)N(C)C.CN(C)P(=O)(OP(=O)(N(C)C)N(C)C)N(C)C.[O-][Cl+3]([O-])(O)O.[O-][Cl+3]([O-])([O-])[O-]. The molecule has 0 spiro atoms. The molecule has 0 saturated heterocycles. The summed E-state index contributed by atoms with van der Waals surface area (Å²) in [5, 5.41) is 0. The second kappa shape index (κ2) is 28.4. The van der Waals surface area contributed by atoms with E-state index in [1.165, 1.54) is 56.0 Å². The Morgan fingerprint density at radius 3 is 0.361 bits per heavy atom. The first-order chi connectivity index (χ1) is 26.4. The summed E-state index contributed by atoms with van der Waals surface area (Å²) in [6.07, 6.45) is 0. The van der Waals surface area contributed by atoms with Crippen molar-refractivity contribution in [2.24, 2.45) is 0 Å². The van der Waals surface area contributed by atoms with Crippen molar-refractivity contribution in [2.75, 3.05) is 169 Å². The Kier molecular flexibility index (Phi) is 33.1. The van der Waals surface area contributed by atoms with E-state index >= 15 is 0 Å². The van der Waals surface area contributed by atoms with Gasteiger partial charge in [-0.3, -0.25) is 27.4 Å². The zero-order chi connectivity index (χ0) is 51.0. The molecule has 376 valence electrons. The maximum absolute atomic E-state index is 12.6. The van der Waals surface area contributed by atoms with E-state index in [4.69, 9.17) is 50.2 Å². The molecule has 0 heterocycles. The Balaban J connectivity index is -0.000000230. The molecule has 0 aromatic rings. The highest BCUT2D eigenvalue weighted by atomic mass is 35.7. The van der Waals surface area contributed by atoms with Crippen molar-refractivity contribution in [3.8, 4) is 0 Å². The maximum Gasteiger partial charge on any atom is 0.352 e. The second-order valence-corrected chi connectivity index (χ2v) is 33.2. The normalized spacial score (nSPS) is 14.0. The first-order valence-corrected chi connectivity index (χ1v) is 28.3. The van der Waals surface area contributed by atoms with Crippen LogP contribution in [-0.2, 0) is 40.3 Å². The van der Waals surface area contributed by atoms with Gasteiger partial charge in [0, 0.05) is 0 Å². The number of nitrogens with zero attached hydrogens (tertiary/aromatic N) is 12. The molecule has 0 aliphatic heterocycles. The monoisotopic (exact) mass is 1060 g/mol. The van der Waals surface area contributed by atoms with Gasteiger partial charge in [0.2, 0.25) is 0 Å². The van der Waals surface area contributed by atoms with Crippen LogP contribution in [0.1, 0.15) is 0 Å². The minimum atomic E-state index is -4.94. The zero-order valence-corrected chi connectivity index (χ0v) is 46.7. The Morgan fingerprint density at radius 1 is 0.279 bits per heavy atom. The van der Waals surface area contributed by atoms with E-state index in [1.54, 1.807) is 169 Å². The highest BCUT2D eigenvalue weighted by Gasteiger charge is 2.44. The Labute approximate surface area is 368 Å². The van der Waals surface area contributed by atoms with Gasteiger partial charge in [-0.25, -0.2) is 87.6 Å². The van der Waals surface area contributed by atoms with E-state index in [0.29, 0.717) is 0 Å². The van der Waals surface area contributed by atoms with Crippen molar-refractivity contribution in [3.63, 3.8) is 0 Å². The summed E-state index contributed by atoms with van der Waals surface area (Å²) >= 11 is 0. The first-order valence-electron chi connectivity index (χ1n) is 16.6. The predicted molar refractivity (Wildman–Crippen MR) is 218 cm³/mol. The quantitative estimate of drug-likeness (QED) is 0.124. The van der Waals surface area contributed by atoms with Crippen LogP contribution in [0.4, 0.5) is 0 Å². The van der Waals surface area contributed by atoms with Crippen LogP contribution in [0.3, 0.4) is 0 Å². The molecule has 0 aliphatic carbocycles. The molecule has 2 N–H and O–H groups in total. The van der Waals surface area contributed by atoms with Crippen LogP contribution in [0.5, 0.6) is 0 Å². The van der Waals surface area contributed by atoms with Gasteiger partial charge in [-0.2, -0.15) is 0 Å². The molecule has 0 atom stereocenters. The Morgan fingerprint density at radius 2 is 0.328 bits per heavy atom. The molecule has 0 aromatic carbocycles. The third kappa shape index (κ3) is 25.7. The first kappa shape index (κ1) is 71.0. The lowest BCUT2D eigenvalue weighted by Gasteiger charge is -2.36. The summed E-state index contributed by atoms with van der Waals surface area (Å²) in [6, 6.07) is 0. The van der Waals surface area contributed by atoms with E-state index in [2.05, 4.69) is 0 Å². The van der Waals surface area contributed by atoms with Crippen molar-refractivity contribution in [1.29, 1.82) is 0 Å². The predicted octanol–water partition coefficient (Wildman–Crippen LogP) is -3.85. The molecule has 0 aromatic heterocycles. The lowest BCUT2D eigenvalue weighted by Crippen LogP contribution is -2.68. The van der Waals surface area contributed by atoms with Crippen LogP contribution in [0.2, 0.25) is 0 Å². The van der Waals surface area contributed by atoms with Crippen LogP contribution < -0.4 is 28.0 Å². The average molecular weight is 1060 g/mol. The van der Waals surface area contributed by atoms with Crippen LogP contribution in [0.25, 0.3) is 0 Å². The molecule has 0 rings (SSSR count). The van der Waals surface area contributed by atoms with E-state index in [0.717, 1.165) is 0 Å². The van der Waals surface area contributed by atoms with Gasteiger partial charge in [0.1, 0.15) is 0 Å². The molecule has 0 unspecified atom stereocenters. The lowest BCUT2D eigenvalue weighted by atomic mass is 11.3. The number of hydrogen-bond acceptors (Lipinski definition) is 17. The van der Waals surface area contributed by atoms with Crippen molar-refractivity contribution < 1.29 is 98.1 Å². The summed E-state index contributed by atoms with van der Waals surface area (Å²) in [4.78, 5) is 0. The third-order valence-electron chi connectivity index (χ3n) is 6.70. The van der Waals surface area contributed by atoms with Gasteiger partial charge in [0.05, 0.1) is 9.32 Å². The van der Waals surface area contributed by atoms with Gasteiger partial charge >= 0.3 is 46.0 Å². The summed E-state index contributed by atoms with van der Waals surface area (Å²) in [6.45, 7) is 0. The molecule has 61 heavy (non-hydrogen) atoms. The minimum absolute atomic E-state index is 1.45. The molecule has 0 amide bonds. The van der Waals surface area contributed by atoms with Crippen LogP contribution >= 0.6 is 46.0 Å². The molecular weight excluding hydrogens is 985 g/mol. The van der Waals surface area contributed by atoms with Crippen molar-refractivity contribution in [3.05, 3.63) is 0 Å². The summed E-state index contributed by atoms with van der Waals surface area (Å²) in [7, 11) is 10.2. The van der Waals surface area contributed by atoms with Crippen molar-refractivity contribution in [2.45, 2.75) is 0 Å². The van der Waals surface area contributed by atoms with Crippen LogP contribution in [0.15, 0.2) is 0 Å². The van der Waals surface area contributed by atoms with Gasteiger partial charge in [-0.05, 0) is 169 Å². The standard InChI is InChI=1S/3C8H24N4O3P2.ClH2O4.ClHO4/c3*1-9(2)16(13,10(3)4)15-17(14,11(5)6)12(7)8;2*2-1(3,4)5/h3*1-8H3;2-3H;(H,2,3,4,5)/q;;;+1;/p-1. The maximum atomic E-state index is 12.6. The van der Waals surface area contributed by atoms with Gasteiger partial charge in [0.15, 0.2) is 0 Å². The van der Waals surface area contributed by atoms with Crippen molar-refractivity contribution in [1.82, 2.24) is 56.0 Å². The van der Waals surface area contributed by atoms with Gasteiger partial charge < -0.3 is 0 Å². The summed E-state index contributed by atoms with van der Waals surface area (Å²) in [5.74, 6) is 0. The highest BCUT2D eigenvalue weighted by Crippen LogP contribution is 2.68. The Bertz CT molecular complexity index is 1200. The smallest absolute Gasteiger partial charge is 0.255 e. The van der Waals surface area contributed by atoms with Crippen molar-refractivity contribution >= 4 is 46.0 Å². The fraction of sp³-hybridized carbons (Fsp3) is 1.00. The van der Waals surface area contributed by atoms with Gasteiger partial charge in [-0.15, -0.1) is 19.6 Å². The van der Waals surface area contributed by atoms with E-state index < -0.39 is 66.5 Å². The lowest BCUT2D eigenvalue weighted by molar-refractivity contribution is -2.00. The second-order valence-electron chi connectivity index (χ2n) is 14.1. The molecule has 29 nitrogen and oxygen atoms in total. The number of hydrogen-bond donors (Lipinski definition) is 2. The molecular formula is C24H74Cl2N12O17P6. The van der Waals surface area contributed by atoms with Crippen LogP contribution in [-0.4, -0.2) is 235 Å². The zero-order valence-electron chi connectivity index (χ0n) is 39.8.